The smallest absolute Gasteiger partial charge is 0.126 e. The fourth-order valence-electron chi connectivity index (χ4n) is 2.59. The molecule has 0 amide bonds. The summed E-state index contributed by atoms with van der Waals surface area (Å²) in [4.78, 5) is 0. The van der Waals surface area contributed by atoms with Gasteiger partial charge in [-0.2, -0.15) is 0 Å². The predicted molar refractivity (Wildman–Crippen MR) is 64.9 cm³/mol. The summed E-state index contributed by atoms with van der Waals surface area (Å²) in [5.74, 6) is 0.539. The van der Waals surface area contributed by atoms with Gasteiger partial charge in [-0.1, -0.05) is 32.9 Å². The Balaban J connectivity index is 2.36. The van der Waals surface area contributed by atoms with Crippen molar-refractivity contribution < 1.29 is 4.39 Å². The topological polar surface area (TPSA) is 12.0 Å². The monoisotopic (exact) mass is 221 g/mol. The molecule has 0 fully saturated rings. The Morgan fingerprint density at radius 2 is 2.12 bits per heavy atom. The van der Waals surface area contributed by atoms with Crippen LogP contribution >= 0.6 is 0 Å². The van der Waals surface area contributed by atoms with E-state index in [1.807, 2.05) is 6.07 Å². The van der Waals surface area contributed by atoms with Crippen LogP contribution in [0.3, 0.4) is 0 Å². The number of rotatable bonds is 2. The lowest BCUT2D eigenvalue weighted by Gasteiger charge is -2.33. The van der Waals surface area contributed by atoms with E-state index in [0.29, 0.717) is 18.0 Å². The molecule has 2 atom stereocenters. The lowest BCUT2D eigenvalue weighted by molar-refractivity contribution is 0.320. The van der Waals surface area contributed by atoms with Crippen LogP contribution in [-0.4, -0.2) is 6.04 Å². The molecular formula is C14H20FN. The molecule has 2 heteroatoms. The van der Waals surface area contributed by atoms with Crippen molar-refractivity contribution >= 4 is 0 Å². The normalized spacial score (nSPS) is 24.6. The molecule has 0 radical (unpaired) electrons. The molecule has 0 aromatic heterocycles. The van der Waals surface area contributed by atoms with Gasteiger partial charge in [0.05, 0.1) is 0 Å². The minimum Gasteiger partial charge on any atom is -0.307 e. The van der Waals surface area contributed by atoms with Crippen molar-refractivity contribution in [3.63, 3.8) is 0 Å². The minimum atomic E-state index is -0.0417. The maximum Gasteiger partial charge on any atom is 0.126 e. The summed E-state index contributed by atoms with van der Waals surface area (Å²) in [7, 11) is 0. The van der Waals surface area contributed by atoms with Gasteiger partial charge in [-0.25, -0.2) is 4.39 Å². The second kappa shape index (κ2) is 4.54. The number of hydrogen-bond donors (Lipinski definition) is 1. The van der Waals surface area contributed by atoms with Crippen molar-refractivity contribution in [1.29, 1.82) is 0 Å². The maximum absolute atomic E-state index is 13.7. The molecule has 1 N–H and O–H groups in total. The van der Waals surface area contributed by atoms with Crippen molar-refractivity contribution in [3.8, 4) is 0 Å². The first-order valence-corrected chi connectivity index (χ1v) is 6.13. The Morgan fingerprint density at radius 1 is 1.38 bits per heavy atom. The van der Waals surface area contributed by atoms with Crippen LogP contribution in [0.2, 0.25) is 0 Å². The summed E-state index contributed by atoms with van der Waals surface area (Å²) < 4.78 is 13.7. The maximum atomic E-state index is 13.7. The average molecular weight is 221 g/mol. The molecule has 1 aliphatic rings. The van der Waals surface area contributed by atoms with Gasteiger partial charge in [0.15, 0.2) is 0 Å². The summed E-state index contributed by atoms with van der Waals surface area (Å²) in [6, 6.07) is 6.19. The van der Waals surface area contributed by atoms with Crippen LogP contribution in [0.25, 0.3) is 0 Å². The summed E-state index contributed by atoms with van der Waals surface area (Å²) in [5, 5.41) is 3.55. The molecule has 0 bridgehead atoms. The highest BCUT2D eigenvalue weighted by atomic mass is 19.1. The minimum absolute atomic E-state index is 0.0417. The van der Waals surface area contributed by atoms with Crippen LogP contribution in [0.15, 0.2) is 18.2 Å². The Kier molecular flexibility index (Phi) is 3.29. The van der Waals surface area contributed by atoms with Crippen molar-refractivity contribution in [2.24, 2.45) is 5.92 Å². The van der Waals surface area contributed by atoms with E-state index < -0.39 is 0 Å². The summed E-state index contributed by atoms with van der Waals surface area (Å²) >= 11 is 0. The largest absolute Gasteiger partial charge is 0.307 e. The Labute approximate surface area is 97.1 Å². The molecule has 0 saturated carbocycles. The molecule has 0 spiro atoms. The van der Waals surface area contributed by atoms with Gasteiger partial charge in [0.1, 0.15) is 5.82 Å². The van der Waals surface area contributed by atoms with E-state index in [1.165, 1.54) is 0 Å². The number of hydrogen-bond acceptors (Lipinski definition) is 1. The second-order valence-corrected chi connectivity index (χ2v) is 5.12. The molecule has 1 aromatic rings. The van der Waals surface area contributed by atoms with Crippen LogP contribution in [0.1, 0.15) is 44.4 Å². The van der Waals surface area contributed by atoms with E-state index in [4.69, 9.17) is 0 Å². The zero-order chi connectivity index (χ0) is 11.7. The standard InChI is InChI=1S/C14H20FN/c1-9(2)16-14-10(3)7-8-11-12(14)5-4-6-13(11)15/h4-6,9-10,14,16H,7-8H2,1-3H3. The van der Waals surface area contributed by atoms with Gasteiger partial charge in [0.25, 0.3) is 0 Å². The second-order valence-electron chi connectivity index (χ2n) is 5.12. The lowest BCUT2D eigenvalue weighted by Crippen LogP contribution is -2.35. The van der Waals surface area contributed by atoms with E-state index in [2.05, 4.69) is 32.2 Å². The lowest BCUT2D eigenvalue weighted by atomic mass is 9.80. The molecule has 16 heavy (non-hydrogen) atoms. The van der Waals surface area contributed by atoms with E-state index >= 15 is 0 Å². The van der Waals surface area contributed by atoms with Crippen LogP contribution in [0.5, 0.6) is 0 Å². The molecule has 2 unspecified atom stereocenters. The van der Waals surface area contributed by atoms with Crippen LogP contribution in [0, 0.1) is 11.7 Å². The van der Waals surface area contributed by atoms with Crippen molar-refractivity contribution in [3.05, 3.63) is 35.1 Å². The predicted octanol–water partition coefficient (Wildman–Crippen LogP) is 3.45. The van der Waals surface area contributed by atoms with Gasteiger partial charge in [0, 0.05) is 12.1 Å². The van der Waals surface area contributed by atoms with E-state index in [9.17, 15) is 4.39 Å². The molecule has 1 nitrogen and oxygen atoms in total. The van der Waals surface area contributed by atoms with E-state index in [0.717, 1.165) is 24.0 Å². The first-order valence-electron chi connectivity index (χ1n) is 6.13. The highest BCUT2D eigenvalue weighted by molar-refractivity contribution is 5.34. The third-order valence-corrected chi connectivity index (χ3v) is 3.42. The van der Waals surface area contributed by atoms with Gasteiger partial charge in [-0.3, -0.25) is 0 Å². The first-order chi connectivity index (χ1) is 7.59. The van der Waals surface area contributed by atoms with Gasteiger partial charge < -0.3 is 5.32 Å². The number of nitrogens with one attached hydrogen (secondary N) is 1. The molecule has 88 valence electrons. The van der Waals surface area contributed by atoms with Crippen LogP contribution in [-0.2, 0) is 6.42 Å². The van der Waals surface area contributed by atoms with Gasteiger partial charge in [-0.15, -0.1) is 0 Å². The fourth-order valence-corrected chi connectivity index (χ4v) is 2.59. The molecule has 0 saturated heterocycles. The van der Waals surface area contributed by atoms with Gasteiger partial charge in [0.2, 0.25) is 0 Å². The summed E-state index contributed by atoms with van der Waals surface area (Å²) in [6.07, 6.45) is 1.94. The first kappa shape index (κ1) is 11.6. The number of fused-ring (bicyclic) bond motifs is 1. The molecule has 1 aromatic carbocycles. The van der Waals surface area contributed by atoms with Gasteiger partial charge >= 0.3 is 0 Å². The molecule has 1 aliphatic carbocycles. The highest BCUT2D eigenvalue weighted by Crippen LogP contribution is 2.35. The zero-order valence-electron chi connectivity index (χ0n) is 10.3. The van der Waals surface area contributed by atoms with Crippen LogP contribution in [0.4, 0.5) is 4.39 Å². The SMILES string of the molecule is CC(C)NC1c2cccc(F)c2CCC1C. The van der Waals surface area contributed by atoms with Crippen LogP contribution < -0.4 is 5.32 Å². The Bertz CT molecular complexity index is 373. The number of halogens is 1. The quantitative estimate of drug-likeness (QED) is 0.806. The Morgan fingerprint density at radius 3 is 2.81 bits per heavy atom. The molecule has 0 aliphatic heterocycles. The number of benzene rings is 1. The molecular weight excluding hydrogens is 201 g/mol. The Hall–Kier alpha value is -0.890. The van der Waals surface area contributed by atoms with E-state index in [1.54, 1.807) is 6.07 Å². The zero-order valence-corrected chi connectivity index (χ0v) is 10.3. The third-order valence-electron chi connectivity index (χ3n) is 3.42. The molecule has 2 rings (SSSR count). The van der Waals surface area contributed by atoms with Crippen molar-refractivity contribution in [2.45, 2.75) is 45.7 Å². The summed E-state index contributed by atoms with van der Waals surface area (Å²) in [6.45, 7) is 6.52. The van der Waals surface area contributed by atoms with Crippen molar-refractivity contribution in [2.75, 3.05) is 0 Å². The molecule has 0 heterocycles. The third kappa shape index (κ3) is 2.12. The average Bonchev–Trinajstić information content (AvgIpc) is 2.22. The fraction of sp³-hybridized carbons (Fsp3) is 0.571. The van der Waals surface area contributed by atoms with E-state index in [-0.39, 0.29) is 5.82 Å². The highest BCUT2D eigenvalue weighted by Gasteiger charge is 2.28. The van der Waals surface area contributed by atoms with Crippen molar-refractivity contribution in [1.82, 2.24) is 5.32 Å². The summed E-state index contributed by atoms with van der Waals surface area (Å²) in [5.41, 5.74) is 2.08. The van der Waals surface area contributed by atoms with Gasteiger partial charge in [-0.05, 0) is 36.0 Å².